The first-order valence-electron chi connectivity index (χ1n) is 2.44. The molecule has 0 aliphatic heterocycles. The van der Waals surface area contributed by atoms with Crippen molar-refractivity contribution in [1.82, 2.24) is 5.32 Å². The van der Waals surface area contributed by atoms with E-state index in [9.17, 15) is 0 Å². The molecule has 0 saturated heterocycles. The van der Waals surface area contributed by atoms with Crippen LogP contribution in [0.15, 0.2) is 4.99 Å². The zero-order chi connectivity index (χ0) is 7.28. The van der Waals surface area contributed by atoms with E-state index in [0.717, 1.165) is 0 Å². The Morgan fingerprint density at radius 1 is 2.00 bits per heavy atom. The Balaban J connectivity index is 3.99. The van der Waals surface area contributed by atoms with Crippen LogP contribution in [-0.2, 0) is 0 Å². The molecule has 0 aromatic carbocycles. The van der Waals surface area contributed by atoms with Crippen molar-refractivity contribution < 1.29 is 0 Å². The summed E-state index contributed by atoms with van der Waals surface area (Å²) in [6, 6.07) is -0.400. The van der Waals surface area contributed by atoms with Crippen LogP contribution in [0.4, 0.5) is 0 Å². The van der Waals surface area contributed by atoms with Crippen LogP contribution in [0.1, 0.15) is 0 Å². The van der Waals surface area contributed by atoms with Gasteiger partial charge >= 0.3 is 0 Å². The van der Waals surface area contributed by atoms with Gasteiger partial charge in [-0.2, -0.15) is 0 Å². The van der Waals surface area contributed by atoms with E-state index in [1.807, 2.05) is 0 Å². The molecule has 0 heterocycles. The Morgan fingerprint density at radius 2 is 2.56 bits per heavy atom. The third kappa shape index (κ3) is 2.06. The van der Waals surface area contributed by atoms with Crippen LogP contribution in [0.2, 0.25) is 0 Å². The van der Waals surface area contributed by atoms with E-state index in [1.165, 1.54) is 0 Å². The number of nitrogens with one attached hydrogen (secondary N) is 2. The number of nitrogens with zero attached hydrogens (tertiary/aromatic N) is 1. The highest BCUT2D eigenvalue weighted by molar-refractivity contribution is 5.90. The Hall–Kier alpha value is -1.14. The molecule has 3 nitrogen and oxygen atoms in total. The number of likely N-dealkylation sites (N-methyl/N-ethyl adjacent to an activating group) is 1. The monoisotopic (exact) mass is 123 g/mol. The summed E-state index contributed by atoms with van der Waals surface area (Å²) in [5.74, 6) is 2.42. The Morgan fingerprint density at radius 3 is 2.67 bits per heavy atom. The van der Waals surface area contributed by atoms with Crippen LogP contribution in [-0.4, -0.2) is 25.6 Å². The number of terminal acetylenes is 1. The zero-order valence-corrected chi connectivity index (χ0v) is 5.31. The van der Waals surface area contributed by atoms with Gasteiger partial charge in [-0.1, -0.05) is 5.92 Å². The average Bonchev–Trinajstić information content (AvgIpc) is 1.90. The van der Waals surface area contributed by atoms with Gasteiger partial charge in [0.1, 0.15) is 11.9 Å². The Labute approximate surface area is 54.7 Å². The van der Waals surface area contributed by atoms with Crippen LogP contribution >= 0.6 is 0 Å². The minimum absolute atomic E-state index is 0.0833. The van der Waals surface area contributed by atoms with Crippen molar-refractivity contribution >= 4 is 12.6 Å². The minimum Gasteiger partial charge on any atom is -0.300 e. The second-order valence-electron chi connectivity index (χ2n) is 1.43. The molecule has 48 valence electrons. The molecule has 9 heavy (non-hydrogen) atoms. The molecule has 0 aromatic rings. The standard InChI is InChI=1S/C6H9N3/c1-4-5(8-2)6(7)9-3/h1,5,7-8H,3H2,2H3. The van der Waals surface area contributed by atoms with Crippen molar-refractivity contribution in [2.75, 3.05) is 7.05 Å². The van der Waals surface area contributed by atoms with E-state index < -0.39 is 6.04 Å². The lowest BCUT2D eigenvalue weighted by atomic mass is 10.3. The molecule has 0 aromatic heterocycles. The first-order valence-corrected chi connectivity index (χ1v) is 2.44. The van der Waals surface area contributed by atoms with Gasteiger partial charge in [0.2, 0.25) is 0 Å². The van der Waals surface area contributed by atoms with Gasteiger partial charge in [0.25, 0.3) is 0 Å². The highest BCUT2D eigenvalue weighted by Crippen LogP contribution is 1.82. The summed E-state index contributed by atoms with van der Waals surface area (Å²) in [6.07, 6.45) is 5.02. The smallest absolute Gasteiger partial charge is 0.149 e. The summed E-state index contributed by atoms with van der Waals surface area (Å²) in [5, 5.41) is 9.77. The molecule has 0 bridgehead atoms. The van der Waals surface area contributed by atoms with E-state index in [1.54, 1.807) is 7.05 Å². The summed E-state index contributed by atoms with van der Waals surface area (Å²) >= 11 is 0. The second-order valence-corrected chi connectivity index (χ2v) is 1.43. The summed E-state index contributed by atoms with van der Waals surface area (Å²) in [6.45, 7) is 3.17. The topological polar surface area (TPSA) is 48.2 Å². The first-order chi connectivity index (χ1) is 4.26. The van der Waals surface area contributed by atoms with Gasteiger partial charge in [-0.15, -0.1) is 6.42 Å². The largest absolute Gasteiger partial charge is 0.300 e. The third-order valence-corrected chi connectivity index (χ3v) is 0.899. The lowest BCUT2D eigenvalue weighted by Gasteiger charge is -2.04. The maximum atomic E-state index is 7.06. The van der Waals surface area contributed by atoms with Crippen molar-refractivity contribution in [3.05, 3.63) is 0 Å². The van der Waals surface area contributed by atoms with Gasteiger partial charge in [-0.05, 0) is 13.8 Å². The summed E-state index contributed by atoms with van der Waals surface area (Å²) < 4.78 is 0. The van der Waals surface area contributed by atoms with Gasteiger partial charge in [-0.25, -0.2) is 4.99 Å². The molecule has 0 amide bonds. The van der Waals surface area contributed by atoms with E-state index in [4.69, 9.17) is 11.8 Å². The molecule has 2 N–H and O–H groups in total. The van der Waals surface area contributed by atoms with E-state index in [2.05, 4.69) is 22.9 Å². The van der Waals surface area contributed by atoms with Crippen molar-refractivity contribution in [3.63, 3.8) is 0 Å². The number of hydrogen-bond donors (Lipinski definition) is 2. The fourth-order valence-electron chi connectivity index (χ4n) is 0.390. The van der Waals surface area contributed by atoms with Crippen molar-refractivity contribution in [2.45, 2.75) is 6.04 Å². The summed E-state index contributed by atoms with van der Waals surface area (Å²) in [5.41, 5.74) is 0. The number of aliphatic imine (C=N–C) groups is 1. The Kier molecular flexibility index (Phi) is 3.33. The molecule has 0 rings (SSSR count). The SMILES string of the molecule is C#CC(NC)C(=N)N=C. The van der Waals surface area contributed by atoms with Crippen molar-refractivity contribution in [3.8, 4) is 12.3 Å². The lowest BCUT2D eigenvalue weighted by molar-refractivity contribution is 0.834. The van der Waals surface area contributed by atoms with E-state index in [0.29, 0.717) is 0 Å². The van der Waals surface area contributed by atoms with Crippen LogP contribution < -0.4 is 5.32 Å². The molecular weight excluding hydrogens is 114 g/mol. The molecule has 0 saturated carbocycles. The predicted molar refractivity (Wildman–Crippen MR) is 39.0 cm³/mol. The number of hydrogen-bond acceptors (Lipinski definition) is 2. The zero-order valence-electron chi connectivity index (χ0n) is 5.31. The first kappa shape index (κ1) is 7.86. The van der Waals surface area contributed by atoms with Crippen molar-refractivity contribution in [2.24, 2.45) is 4.99 Å². The van der Waals surface area contributed by atoms with Crippen LogP contribution in [0, 0.1) is 17.8 Å². The molecule has 0 aliphatic carbocycles. The summed E-state index contributed by atoms with van der Waals surface area (Å²) in [4.78, 5) is 3.36. The quantitative estimate of drug-likeness (QED) is 0.300. The maximum absolute atomic E-state index is 7.06. The molecule has 0 aliphatic rings. The number of rotatable bonds is 2. The molecule has 0 spiro atoms. The van der Waals surface area contributed by atoms with Gasteiger partial charge in [0.05, 0.1) is 0 Å². The summed E-state index contributed by atoms with van der Waals surface area (Å²) in [7, 11) is 1.67. The van der Waals surface area contributed by atoms with E-state index >= 15 is 0 Å². The molecule has 0 radical (unpaired) electrons. The van der Waals surface area contributed by atoms with Crippen LogP contribution in [0.25, 0.3) is 0 Å². The molecule has 1 unspecified atom stereocenters. The van der Waals surface area contributed by atoms with Gasteiger partial charge in [-0.3, -0.25) is 5.41 Å². The van der Waals surface area contributed by atoms with Gasteiger partial charge in [0.15, 0.2) is 0 Å². The third-order valence-electron chi connectivity index (χ3n) is 0.899. The predicted octanol–water partition coefficient (Wildman–Crippen LogP) is -0.115. The van der Waals surface area contributed by atoms with Gasteiger partial charge < -0.3 is 5.32 Å². The lowest BCUT2D eigenvalue weighted by Crippen LogP contribution is -2.30. The van der Waals surface area contributed by atoms with Crippen LogP contribution in [0.3, 0.4) is 0 Å². The minimum atomic E-state index is -0.400. The Bertz CT molecular complexity index is 154. The maximum Gasteiger partial charge on any atom is 0.149 e. The normalized spacial score (nSPS) is 11.6. The molecule has 1 atom stereocenters. The molecule has 3 heteroatoms. The fourth-order valence-corrected chi connectivity index (χ4v) is 0.390. The fraction of sp³-hybridized carbons (Fsp3) is 0.333. The molecular formula is C6H9N3. The highest BCUT2D eigenvalue weighted by Gasteiger charge is 2.04. The number of amidine groups is 1. The second kappa shape index (κ2) is 3.81. The highest BCUT2D eigenvalue weighted by atomic mass is 14.9. The van der Waals surface area contributed by atoms with Crippen molar-refractivity contribution in [1.29, 1.82) is 5.41 Å². The average molecular weight is 123 g/mol. The van der Waals surface area contributed by atoms with E-state index in [-0.39, 0.29) is 5.84 Å². The van der Waals surface area contributed by atoms with Crippen LogP contribution in [0.5, 0.6) is 0 Å². The molecule has 0 fully saturated rings. The van der Waals surface area contributed by atoms with Gasteiger partial charge in [0, 0.05) is 0 Å².